The Hall–Kier alpha value is -3.45. The molecule has 1 aromatic heterocycles. The number of aromatic nitrogens is 1. The number of carbonyl (C=O) groups is 2. The van der Waals surface area contributed by atoms with Gasteiger partial charge in [0.05, 0.1) is 33.8 Å². The molecule has 2 heterocycles. The van der Waals surface area contributed by atoms with Crippen LogP contribution >= 0.6 is 11.3 Å². The van der Waals surface area contributed by atoms with Crippen LogP contribution in [0.5, 0.6) is 5.75 Å². The summed E-state index contributed by atoms with van der Waals surface area (Å²) in [7, 11) is 0. The van der Waals surface area contributed by atoms with E-state index in [1.54, 1.807) is 6.92 Å². The van der Waals surface area contributed by atoms with Crippen LogP contribution in [0.1, 0.15) is 50.9 Å². The first kappa shape index (κ1) is 22.7. The number of Topliss-reactive ketones (excluding diaryl/α,β-unsaturated/α-hetero) is 1. The molecular formula is C26H26N2O4S. The average molecular weight is 463 g/mol. The van der Waals surface area contributed by atoms with E-state index in [0.717, 1.165) is 17.0 Å². The number of nitrogens with zero attached hydrogens (tertiary/aromatic N) is 2. The Morgan fingerprint density at radius 3 is 2.48 bits per heavy atom. The molecule has 7 heteroatoms. The number of hydrogen-bond acceptors (Lipinski definition) is 6. The number of ketones is 1. The number of aliphatic hydroxyl groups excluding tert-OH is 1. The standard InChI is InChI=1S/C26H26N2O4S/c1-4-14-32-20-13-9-8-12-19(20)22-21(23(29)25-16(2)27-17(3)33-25)24(30)26(31)28(22)15-18-10-6-5-7-11-18/h5-13,22,30H,4,14-15H2,1-3H3. The molecule has 0 radical (unpaired) electrons. The van der Waals surface area contributed by atoms with Gasteiger partial charge in [-0.3, -0.25) is 9.59 Å². The smallest absolute Gasteiger partial charge is 0.290 e. The highest BCUT2D eigenvalue weighted by Gasteiger charge is 2.45. The van der Waals surface area contributed by atoms with Gasteiger partial charge < -0.3 is 14.7 Å². The topological polar surface area (TPSA) is 79.7 Å². The van der Waals surface area contributed by atoms with E-state index in [4.69, 9.17) is 4.74 Å². The molecule has 3 aromatic rings. The Balaban J connectivity index is 1.84. The minimum Gasteiger partial charge on any atom is -0.503 e. The van der Waals surface area contributed by atoms with Gasteiger partial charge in [-0.15, -0.1) is 11.3 Å². The molecule has 1 atom stereocenters. The molecule has 0 fully saturated rings. The maximum absolute atomic E-state index is 13.7. The number of para-hydroxylation sites is 1. The number of ether oxygens (including phenoxy) is 1. The van der Waals surface area contributed by atoms with E-state index in [2.05, 4.69) is 4.98 Å². The summed E-state index contributed by atoms with van der Waals surface area (Å²) in [4.78, 5) is 33.3. The number of benzene rings is 2. The monoisotopic (exact) mass is 462 g/mol. The van der Waals surface area contributed by atoms with Crippen molar-refractivity contribution >= 4 is 23.0 Å². The van der Waals surface area contributed by atoms with E-state index in [1.807, 2.05) is 68.4 Å². The summed E-state index contributed by atoms with van der Waals surface area (Å²) in [6, 6.07) is 16.1. The molecule has 0 spiro atoms. The molecule has 1 aliphatic rings. The van der Waals surface area contributed by atoms with Crippen molar-refractivity contribution in [3.05, 3.63) is 92.6 Å². The number of hydrogen-bond donors (Lipinski definition) is 1. The minimum atomic E-state index is -0.778. The number of aryl methyl sites for hydroxylation is 2. The predicted octanol–water partition coefficient (Wildman–Crippen LogP) is 5.33. The summed E-state index contributed by atoms with van der Waals surface area (Å²) < 4.78 is 5.97. The lowest BCUT2D eigenvalue weighted by Gasteiger charge is -2.28. The van der Waals surface area contributed by atoms with E-state index < -0.39 is 17.7 Å². The van der Waals surface area contributed by atoms with Gasteiger partial charge in [-0.05, 0) is 31.9 Å². The summed E-state index contributed by atoms with van der Waals surface area (Å²) in [5.41, 5.74) is 2.22. The summed E-state index contributed by atoms with van der Waals surface area (Å²) in [6.45, 7) is 6.35. The van der Waals surface area contributed by atoms with Crippen molar-refractivity contribution in [2.45, 2.75) is 39.8 Å². The van der Waals surface area contributed by atoms with E-state index >= 15 is 0 Å². The van der Waals surface area contributed by atoms with Crippen molar-refractivity contribution in [3.63, 3.8) is 0 Å². The second-order valence-electron chi connectivity index (χ2n) is 7.95. The maximum atomic E-state index is 13.7. The van der Waals surface area contributed by atoms with E-state index in [-0.39, 0.29) is 17.9 Å². The fourth-order valence-corrected chi connectivity index (χ4v) is 4.94. The Labute approximate surface area is 197 Å². The second kappa shape index (κ2) is 9.58. The third-order valence-corrected chi connectivity index (χ3v) is 6.60. The zero-order chi connectivity index (χ0) is 23.5. The summed E-state index contributed by atoms with van der Waals surface area (Å²) >= 11 is 1.27. The van der Waals surface area contributed by atoms with Gasteiger partial charge in [0.25, 0.3) is 5.91 Å². The molecule has 0 saturated carbocycles. The molecule has 0 saturated heterocycles. The Kier molecular flexibility index (Phi) is 6.60. The molecule has 1 amide bonds. The Bertz CT molecular complexity index is 1220. The second-order valence-corrected chi connectivity index (χ2v) is 9.15. The SMILES string of the molecule is CCCOc1ccccc1C1C(C(=O)c2sc(C)nc2C)=C(O)C(=O)N1Cc1ccccc1. The van der Waals surface area contributed by atoms with Crippen molar-refractivity contribution in [1.82, 2.24) is 9.88 Å². The van der Waals surface area contributed by atoms with Gasteiger partial charge in [-0.25, -0.2) is 4.98 Å². The van der Waals surface area contributed by atoms with Crippen molar-refractivity contribution in [1.29, 1.82) is 0 Å². The minimum absolute atomic E-state index is 0.0650. The number of rotatable bonds is 8. The van der Waals surface area contributed by atoms with Gasteiger partial charge in [-0.2, -0.15) is 0 Å². The lowest BCUT2D eigenvalue weighted by Crippen LogP contribution is -2.31. The number of amides is 1. The number of carbonyl (C=O) groups excluding carboxylic acids is 2. The van der Waals surface area contributed by atoms with Gasteiger partial charge in [0.2, 0.25) is 5.78 Å². The summed E-state index contributed by atoms with van der Waals surface area (Å²) in [5, 5.41) is 11.7. The van der Waals surface area contributed by atoms with Crippen LogP contribution in [0.3, 0.4) is 0 Å². The quantitative estimate of drug-likeness (QED) is 0.458. The first-order chi connectivity index (χ1) is 15.9. The van der Waals surface area contributed by atoms with Crippen LogP contribution < -0.4 is 4.74 Å². The van der Waals surface area contributed by atoms with Crippen LogP contribution in [0.15, 0.2) is 65.9 Å². The largest absolute Gasteiger partial charge is 0.503 e. The molecule has 4 rings (SSSR count). The highest BCUT2D eigenvalue weighted by molar-refractivity contribution is 7.14. The lowest BCUT2D eigenvalue weighted by atomic mass is 9.94. The number of thiazole rings is 1. The van der Waals surface area contributed by atoms with Gasteiger partial charge in [0.1, 0.15) is 5.75 Å². The van der Waals surface area contributed by atoms with Crippen molar-refractivity contribution in [3.8, 4) is 5.75 Å². The van der Waals surface area contributed by atoms with Crippen LogP contribution in [0.4, 0.5) is 0 Å². The number of aliphatic hydroxyl groups is 1. The Morgan fingerprint density at radius 1 is 1.12 bits per heavy atom. The lowest BCUT2D eigenvalue weighted by molar-refractivity contribution is -0.130. The van der Waals surface area contributed by atoms with Crippen LogP contribution in [0.25, 0.3) is 0 Å². The van der Waals surface area contributed by atoms with E-state index in [9.17, 15) is 14.7 Å². The molecule has 1 N–H and O–H groups in total. The third kappa shape index (κ3) is 4.41. The van der Waals surface area contributed by atoms with Gasteiger partial charge in [0, 0.05) is 12.1 Å². The van der Waals surface area contributed by atoms with Crippen LogP contribution in [-0.4, -0.2) is 33.3 Å². The first-order valence-electron chi connectivity index (χ1n) is 10.9. The van der Waals surface area contributed by atoms with Crippen molar-refractivity contribution in [2.75, 3.05) is 6.61 Å². The maximum Gasteiger partial charge on any atom is 0.290 e. The summed E-state index contributed by atoms with van der Waals surface area (Å²) in [6.07, 6.45) is 0.817. The van der Waals surface area contributed by atoms with Crippen LogP contribution in [-0.2, 0) is 11.3 Å². The molecular weight excluding hydrogens is 436 g/mol. The average Bonchev–Trinajstić information content (AvgIpc) is 3.28. The molecule has 0 bridgehead atoms. The van der Waals surface area contributed by atoms with E-state index in [0.29, 0.717) is 28.5 Å². The van der Waals surface area contributed by atoms with Gasteiger partial charge in [0.15, 0.2) is 5.76 Å². The first-order valence-corrected chi connectivity index (χ1v) is 11.7. The van der Waals surface area contributed by atoms with Crippen LogP contribution in [0, 0.1) is 13.8 Å². The fourth-order valence-electron chi connectivity index (χ4n) is 4.07. The molecule has 1 unspecified atom stereocenters. The van der Waals surface area contributed by atoms with Gasteiger partial charge >= 0.3 is 0 Å². The molecule has 0 aliphatic carbocycles. The molecule has 170 valence electrons. The Morgan fingerprint density at radius 2 is 1.82 bits per heavy atom. The normalized spacial score (nSPS) is 15.9. The highest BCUT2D eigenvalue weighted by atomic mass is 32.1. The fraction of sp³-hybridized carbons (Fsp3) is 0.269. The highest BCUT2D eigenvalue weighted by Crippen LogP contribution is 2.43. The molecule has 1 aliphatic heterocycles. The zero-order valence-corrected chi connectivity index (χ0v) is 19.7. The molecule has 2 aromatic carbocycles. The van der Waals surface area contributed by atoms with E-state index in [1.165, 1.54) is 16.2 Å². The van der Waals surface area contributed by atoms with Crippen molar-refractivity contribution < 1.29 is 19.4 Å². The molecule has 33 heavy (non-hydrogen) atoms. The van der Waals surface area contributed by atoms with Crippen LogP contribution in [0.2, 0.25) is 0 Å². The van der Waals surface area contributed by atoms with Crippen molar-refractivity contribution in [2.24, 2.45) is 0 Å². The zero-order valence-electron chi connectivity index (χ0n) is 18.9. The van der Waals surface area contributed by atoms with Gasteiger partial charge in [-0.1, -0.05) is 55.5 Å². The predicted molar refractivity (Wildman–Crippen MR) is 128 cm³/mol. The summed E-state index contributed by atoms with van der Waals surface area (Å²) in [5.74, 6) is -0.879. The third-order valence-electron chi connectivity index (χ3n) is 5.53. The molecule has 6 nitrogen and oxygen atoms in total.